The van der Waals surface area contributed by atoms with Crippen LogP contribution in [0.2, 0.25) is 0 Å². The van der Waals surface area contributed by atoms with E-state index in [2.05, 4.69) is 9.73 Å². The highest BCUT2D eigenvalue weighted by Crippen LogP contribution is 2.37. The number of Topliss-reactive ketones (excluding diaryl/α,β-unsaturated/α-hetero) is 1. The number of esters is 1. The first-order chi connectivity index (χ1) is 10.5. The summed E-state index contributed by atoms with van der Waals surface area (Å²) in [6.07, 6.45) is 2.35. The summed E-state index contributed by atoms with van der Waals surface area (Å²) in [6.45, 7) is 2.02. The van der Waals surface area contributed by atoms with E-state index in [4.69, 9.17) is 0 Å². The molecule has 1 fully saturated rings. The van der Waals surface area contributed by atoms with Crippen molar-refractivity contribution >= 4 is 34.7 Å². The van der Waals surface area contributed by atoms with Gasteiger partial charge in [0.05, 0.1) is 12.8 Å². The standard InChI is InChI=1S/C16H15NO4S/c1-8-3-4-14(22-8)9-5-12-10(13(18)6-9)7-11(15(19)17-12)16(20)21-2/h3-4,7,9,11H,5-6H2,1-2H3. The van der Waals surface area contributed by atoms with Crippen molar-refractivity contribution in [2.45, 2.75) is 25.7 Å². The minimum Gasteiger partial charge on any atom is -0.468 e. The number of rotatable bonds is 2. The van der Waals surface area contributed by atoms with E-state index >= 15 is 0 Å². The lowest BCUT2D eigenvalue weighted by molar-refractivity contribution is -0.147. The molecular formula is C16H15NO4S. The molecule has 1 aliphatic heterocycles. The van der Waals surface area contributed by atoms with Crippen molar-refractivity contribution in [3.8, 4) is 0 Å². The second-order valence-electron chi connectivity index (χ2n) is 5.45. The van der Waals surface area contributed by atoms with Gasteiger partial charge in [0.2, 0.25) is 0 Å². The Labute approximate surface area is 131 Å². The minimum absolute atomic E-state index is 0.0598. The molecule has 0 aromatic carbocycles. The summed E-state index contributed by atoms with van der Waals surface area (Å²) in [5.41, 5.74) is 0.900. The maximum absolute atomic E-state index is 12.4. The number of aryl methyl sites for hydroxylation is 1. The van der Waals surface area contributed by atoms with Gasteiger partial charge >= 0.3 is 5.97 Å². The van der Waals surface area contributed by atoms with Gasteiger partial charge in [0, 0.05) is 27.7 Å². The molecule has 0 saturated heterocycles. The third-order valence-electron chi connectivity index (χ3n) is 3.95. The Morgan fingerprint density at radius 1 is 1.32 bits per heavy atom. The van der Waals surface area contributed by atoms with Crippen molar-refractivity contribution in [2.24, 2.45) is 10.9 Å². The van der Waals surface area contributed by atoms with Crippen molar-refractivity contribution in [2.75, 3.05) is 7.11 Å². The Bertz CT molecular complexity index is 728. The third kappa shape index (κ3) is 2.54. The van der Waals surface area contributed by atoms with Gasteiger partial charge in [-0.25, -0.2) is 4.99 Å². The van der Waals surface area contributed by atoms with Crippen LogP contribution in [0, 0.1) is 12.8 Å². The van der Waals surface area contributed by atoms with Crippen LogP contribution in [0.25, 0.3) is 0 Å². The van der Waals surface area contributed by atoms with Crippen molar-refractivity contribution in [1.82, 2.24) is 0 Å². The van der Waals surface area contributed by atoms with Crippen molar-refractivity contribution in [1.29, 1.82) is 0 Å². The van der Waals surface area contributed by atoms with E-state index in [0.717, 1.165) is 4.88 Å². The molecule has 1 aromatic heterocycles. The largest absolute Gasteiger partial charge is 0.468 e. The lowest BCUT2D eigenvalue weighted by Crippen LogP contribution is -2.33. The number of dihydropyridines is 1. The highest BCUT2D eigenvalue weighted by Gasteiger charge is 2.37. The van der Waals surface area contributed by atoms with E-state index < -0.39 is 17.8 Å². The van der Waals surface area contributed by atoms with Gasteiger partial charge < -0.3 is 4.74 Å². The number of fused-ring (bicyclic) bond motifs is 1. The first-order valence-electron chi connectivity index (χ1n) is 7.00. The number of thiophene rings is 1. The Balaban J connectivity index is 1.89. The first-order valence-corrected chi connectivity index (χ1v) is 7.82. The van der Waals surface area contributed by atoms with Crippen LogP contribution in [0.5, 0.6) is 0 Å². The van der Waals surface area contributed by atoms with Crippen LogP contribution in [0.15, 0.2) is 28.8 Å². The molecule has 0 N–H and O–H groups in total. The molecule has 0 radical (unpaired) electrons. The number of hydrogen-bond donors (Lipinski definition) is 0. The number of ketones is 1. The summed E-state index contributed by atoms with van der Waals surface area (Å²) in [6, 6.07) is 4.05. The second kappa shape index (κ2) is 5.61. The van der Waals surface area contributed by atoms with Gasteiger partial charge in [-0.05, 0) is 31.6 Å². The Morgan fingerprint density at radius 3 is 2.73 bits per heavy atom. The highest BCUT2D eigenvalue weighted by atomic mass is 32.1. The van der Waals surface area contributed by atoms with Crippen molar-refractivity contribution in [3.05, 3.63) is 33.5 Å². The maximum atomic E-state index is 12.4. The van der Waals surface area contributed by atoms with E-state index in [0.29, 0.717) is 24.1 Å². The molecule has 0 bridgehead atoms. The summed E-state index contributed by atoms with van der Waals surface area (Å²) in [7, 11) is 1.21. The number of carbonyl (C=O) groups excluding carboxylic acids is 3. The van der Waals surface area contributed by atoms with Gasteiger partial charge in [-0.1, -0.05) is 0 Å². The van der Waals surface area contributed by atoms with Crippen LogP contribution in [0.4, 0.5) is 0 Å². The molecule has 2 aliphatic rings. The Hall–Kier alpha value is -2.08. The van der Waals surface area contributed by atoms with Crippen molar-refractivity contribution in [3.63, 3.8) is 0 Å². The lowest BCUT2D eigenvalue weighted by atomic mass is 9.80. The molecule has 2 unspecified atom stereocenters. The summed E-state index contributed by atoms with van der Waals surface area (Å²) < 4.78 is 4.59. The monoisotopic (exact) mass is 317 g/mol. The van der Waals surface area contributed by atoms with Crippen LogP contribution in [0.1, 0.15) is 28.5 Å². The van der Waals surface area contributed by atoms with Gasteiger partial charge in [0.25, 0.3) is 5.91 Å². The number of amides is 1. The number of methoxy groups -OCH3 is 1. The molecule has 6 heteroatoms. The van der Waals surface area contributed by atoms with Gasteiger partial charge in [0.1, 0.15) is 0 Å². The number of hydrogen-bond acceptors (Lipinski definition) is 5. The SMILES string of the molecule is COC(=O)C1C=C2C(=O)CC(c3ccc(C)s3)CC2=NC1=O. The molecule has 22 heavy (non-hydrogen) atoms. The molecule has 2 heterocycles. The fourth-order valence-electron chi connectivity index (χ4n) is 2.82. The number of carbonyl (C=O) groups is 3. The number of aliphatic imine (C=N–C) groups is 1. The van der Waals surface area contributed by atoms with Crippen LogP contribution in [-0.4, -0.2) is 30.5 Å². The number of allylic oxidation sites excluding steroid dienone is 1. The quantitative estimate of drug-likeness (QED) is 0.619. The fraction of sp³-hybridized carbons (Fsp3) is 0.375. The topological polar surface area (TPSA) is 72.8 Å². The van der Waals surface area contributed by atoms with Gasteiger partial charge in [0.15, 0.2) is 11.7 Å². The molecule has 1 aliphatic carbocycles. The third-order valence-corrected chi connectivity index (χ3v) is 5.11. The van der Waals surface area contributed by atoms with Gasteiger partial charge in [-0.3, -0.25) is 14.4 Å². The van der Waals surface area contributed by atoms with E-state index in [-0.39, 0.29) is 11.7 Å². The zero-order valence-corrected chi connectivity index (χ0v) is 13.1. The van der Waals surface area contributed by atoms with Gasteiger partial charge in [-0.15, -0.1) is 11.3 Å². The molecule has 3 rings (SSSR count). The molecular weight excluding hydrogens is 302 g/mol. The molecule has 0 spiro atoms. The van der Waals surface area contributed by atoms with Crippen LogP contribution in [-0.2, 0) is 19.1 Å². The van der Waals surface area contributed by atoms with Crippen LogP contribution in [0.3, 0.4) is 0 Å². The molecule has 1 aromatic rings. The molecule has 5 nitrogen and oxygen atoms in total. The zero-order valence-electron chi connectivity index (χ0n) is 12.3. The van der Waals surface area contributed by atoms with E-state index in [1.165, 1.54) is 18.1 Å². The predicted molar refractivity (Wildman–Crippen MR) is 82.1 cm³/mol. The lowest BCUT2D eigenvalue weighted by Gasteiger charge is -2.26. The zero-order chi connectivity index (χ0) is 15.9. The van der Waals surface area contributed by atoms with Crippen molar-refractivity contribution < 1.29 is 19.1 Å². The van der Waals surface area contributed by atoms with E-state index in [1.807, 2.05) is 19.1 Å². The molecule has 2 atom stereocenters. The normalized spacial score (nSPS) is 24.5. The van der Waals surface area contributed by atoms with E-state index in [9.17, 15) is 14.4 Å². The maximum Gasteiger partial charge on any atom is 0.322 e. The number of ether oxygens (including phenoxy) is 1. The molecule has 1 saturated carbocycles. The summed E-state index contributed by atoms with van der Waals surface area (Å²) >= 11 is 1.66. The molecule has 114 valence electrons. The summed E-state index contributed by atoms with van der Waals surface area (Å²) in [5.74, 6) is -2.33. The van der Waals surface area contributed by atoms with Crippen LogP contribution < -0.4 is 0 Å². The highest BCUT2D eigenvalue weighted by molar-refractivity contribution is 7.12. The number of nitrogens with zero attached hydrogens (tertiary/aromatic N) is 1. The fourth-order valence-corrected chi connectivity index (χ4v) is 3.79. The second-order valence-corrected chi connectivity index (χ2v) is 6.77. The Morgan fingerprint density at radius 2 is 2.09 bits per heavy atom. The van der Waals surface area contributed by atoms with E-state index in [1.54, 1.807) is 11.3 Å². The molecule has 1 amide bonds. The first kappa shape index (κ1) is 14.8. The average Bonchev–Trinajstić information content (AvgIpc) is 2.92. The summed E-state index contributed by atoms with van der Waals surface area (Å²) in [4.78, 5) is 42.2. The van der Waals surface area contributed by atoms with Gasteiger partial charge in [-0.2, -0.15) is 0 Å². The average molecular weight is 317 g/mol. The predicted octanol–water partition coefficient (Wildman–Crippen LogP) is 2.20. The minimum atomic E-state index is -1.09. The summed E-state index contributed by atoms with van der Waals surface area (Å²) in [5, 5.41) is 0. The van der Waals surface area contributed by atoms with Crippen LogP contribution >= 0.6 is 11.3 Å². The smallest absolute Gasteiger partial charge is 0.322 e. The Kier molecular flexibility index (Phi) is 3.78.